The first-order valence-electron chi connectivity index (χ1n) is 9.96. The van der Waals surface area contributed by atoms with Gasteiger partial charge in [0.25, 0.3) is 0 Å². The number of ether oxygens (including phenoxy) is 1. The van der Waals surface area contributed by atoms with Crippen LogP contribution < -0.4 is 10.0 Å². The van der Waals surface area contributed by atoms with Crippen LogP contribution in [0.5, 0.6) is 0 Å². The second-order valence-electron chi connectivity index (χ2n) is 8.32. The van der Waals surface area contributed by atoms with Crippen molar-refractivity contribution in [1.82, 2.24) is 14.6 Å². The molecule has 2 aromatic rings. The van der Waals surface area contributed by atoms with Crippen LogP contribution in [0.15, 0.2) is 35.4 Å². The van der Waals surface area contributed by atoms with E-state index < -0.39 is 15.6 Å². The smallest absolute Gasteiger partial charge is 0.410 e. The van der Waals surface area contributed by atoms with Crippen LogP contribution in [-0.2, 0) is 21.3 Å². The van der Waals surface area contributed by atoms with Crippen molar-refractivity contribution in [1.29, 1.82) is 0 Å². The van der Waals surface area contributed by atoms with Crippen LogP contribution in [0.4, 0.5) is 10.5 Å². The van der Waals surface area contributed by atoms with Gasteiger partial charge in [-0.3, -0.25) is 0 Å². The number of amides is 1. The van der Waals surface area contributed by atoms with Gasteiger partial charge >= 0.3 is 6.09 Å². The lowest BCUT2D eigenvalue weighted by molar-refractivity contribution is 0.0203. The van der Waals surface area contributed by atoms with Crippen molar-refractivity contribution in [3.8, 4) is 0 Å². The lowest BCUT2D eigenvalue weighted by atomic mass is 10.1. The SMILES string of the molecule is CC(C)(C)OC(=O)N1CCC(NS(=O)(=O)c2cccc(NCc3cnc(Cl)s3)c2)CC1. The zero-order chi connectivity index (χ0) is 22.6. The highest BCUT2D eigenvalue weighted by molar-refractivity contribution is 7.89. The van der Waals surface area contributed by atoms with Crippen LogP contribution in [0.1, 0.15) is 38.5 Å². The van der Waals surface area contributed by atoms with Gasteiger partial charge in [-0.15, -0.1) is 11.3 Å². The Morgan fingerprint density at radius 2 is 2.03 bits per heavy atom. The maximum Gasteiger partial charge on any atom is 0.410 e. The van der Waals surface area contributed by atoms with Crippen molar-refractivity contribution >= 4 is 44.7 Å². The van der Waals surface area contributed by atoms with Gasteiger partial charge in [-0.2, -0.15) is 0 Å². The normalized spacial score (nSPS) is 15.7. The highest BCUT2D eigenvalue weighted by atomic mass is 35.5. The Kier molecular flexibility index (Phi) is 7.46. The lowest BCUT2D eigenvalue weighted by Gasteiger charge is -2.33. The molecule has 8 nitrogen and oxygen atoms in total. The molecule has 0 spiro atoms. The van der Waals surface area contributed by atoms with E-state index in [9.17, 15) is 13.2 Å². The van der Waals surface area contributed by atoms with Crippen molar-refractivity contribution in [3.63, 3.8) is 0 Å². The summed E-state index contributed by atoms with van der Waals surface area (Å²) >= 11 is 7.21. The third-order valence-electron chi connectivity index (χ3n) is 4.60. The Balaban J connectivity index is 1.55. The van der Waals surface area contributed by atoms with Crippen LogP contribution in [0.2, 0.25) is 4.47 Å². The second kappa shape index (κ2) is 9.72. The Morgan fingerprint density at radius 3 is 2.65 bits per heavy atom. The average molecular weight is 487 g/mol. The van der Waals surface area contributed by atoms with Gasteiger partial charge < -0.3 is 15.0 Å². The predicted octanol–water partition coefficient (Wildman–Crippen LogP) is 4.09. The summed E-state index contributed by atoms with van der Waals surface area (Å²) in [5, 5.41) is 3.19. The van der Waals surface area contributed by atoms with E-state index in [4.69, 9.17) is 16.3 Å². The molecule has 1 amide bonds. The van der Waals surface area contributed by atoms with Crippen molar-refractivity contribution in [2.45, 2.75) is 56.7 Å². The molecule has 0 radical (unpaired) electrons. The molecule has 31 heavy (non-hydrogen) atoms. The Morgan fingerprint density at radius 1 is 1.32 bits per heavy atom. The topological polar surface area (TPSA) is 101 Å². The molecule has 0 unspecified atom stereocenters. The summed E-state index contributed by atoms with van der Waals surface area (Å²) in [5.74, 6) is 0. The predicted molar refractivity (Wildman–Crippen MR) is 122 cm³/mol. The molecule has 1 aromatic carbocycles. The quantitative estimate of drug-likeness (QED) is 0.637. The van der Waals surface area contributed by atoms with E-state index in [1.807, 2.05) is 20.8 Å². The number of likely N-dealkylation sites (tertiary alicyclic amines) is 1. The number of sulfonamides is 1. The molecule has 0 bridgehead atoms. The van der Waals surface area contributed by atoms with E-state index in [-0.39, 0.29) is 17.0 Å². The molecule has 0 atom stereocenters. The number of anilines is 1. The monoisotopic (exact) mass is 486 g/mol. The number of thiazole rings is 1. The van der Waals surface area contributed by atoms with Crippen molar-refractivity contribution in [2.75, 3.05) is 18.4 Å². The summed E-state index contributed by atoms with van der Waals surface area (Å²) in [6.07, 6.45) is 2.38. The first-order chi connectivity index (χ1) is 14.5. The van der Waals surface area contributed by atoms with Crippen LogP contribution in [0.25, 0.3) is 0 Å². The lowest BCUT2D eigenvalue weighted by Crippen LogP contribution is -2.47. The van der Waals surface area contributed by atoms with E-state index in [1.165, 1.54) is 11.3 Å². The van der Waals surface area contributed by atoms with Gasteiger partial charge in [0.05, 0.1) is 11.4 Å². The molecule has 2 heterocycles. The van der Waals surface area contributed by atoms with Crippen LogP contribution in [-0.4, -0.2) is 49.1 Å². The van der Waals surface area contributed by atoms with E-state index in [1.54, 1.807) is 35.4 Å². The first-order valence-corrected chi connectivity index (χ1v) is 12.6. The maximum absolute atomic E-state index is 12.9. The summed E-state index contributed by atoms with van der Waals surface area (Å²) in [4.78, 5) is 18.9. The van der Waals surface area contributed by atoms with E-state index in [0.29, 0.717) is 42.6 Å². The fourth-order valence-corrected chi connectivity index (χ4v) is 5.39. The molecule has 1 aromatic heterocycles. The largest absolute Gasteiger partial charge is 0.444 e. The van der Waals surface area contributed by atoms with Crippen molar-refractivity contribution in [2.24, 2.45) is 0 Å². The number of hydrogen-bond donors (Lipinski definition) is 2. The standard InChI is InChI=1S/C20H27ClN4O4S2/c1-20(2,3)29-19(26)25-9-7-14(8-10-25)24-31(27,28)17-6-4-5-15(11-17)22-12-16-13-23-18(21)30-16/h4-6,11,13-14,22,24H,7-10,12H2,1-3H3. The Bertz CT molecular complexity index is 1010. The van der Waals surface area contributed by atoms with Gasteiger partial charge in [-0.25, -0.2) is 22.9 Å². The maximum atomic E-state index is 12.9. The molecule has 0 aliphatic carbocycles. The Hall–Kier alpha value is -1.88. The summed E-state index contributed by atoms with van der Waals surface area (Å²) in [5.41, 5.74) is 0.132. The fraction of sp³-hybridized carbons (Fsp3) is 0.500. The minimum atomic E-state index is -3.68. The summed E-state index contributed by atoms with van der Waals surface area (Å²) in [6, 6.07) is 6.43. The number of carbonyl (C=O) groups excluding carboxylic acids is 1. The molecule has 1 saturated heterocycles. The molecule has 1 aliphatic heterocycles. The first kappa shape index (κ1) is 23.8. The van der Waals surface area contributed by atoms with Crippen molar-refractivity contribution < 1.29 is 17.9 Å². The van der Waals surface area contributed by atoms with Gasteiger partial charge in [-0.05, 0) is 51.8 Å². The summed E-state index contributed by atoms with van der Waals surface area (Å²) in [6.45, 7) is 6.86. The molecule has 2 N–H and O–H groups in total. The van der Waals surface area contributed by atoms with Crippen LogP contribution >= 0.6 is 22.9 Å². The molecule has 1 aliphatic rings. The van der Waals surface area contributed by atoms with Crippen LogP contribution in [0.3, 0.4) is 0 Å². The highest BCUT2D eigenvalue weighted by Gasteiger charge is 2.29. The number of nitrogens with zero attached hydrogens (tertiary/aromatic N) is 2. The molecule has 0 saturated carbocycles. The second-order valence-corrected chi connectivity index (χ2v) is 11.7. The molecular formula is C20H27ClN4O4S2. The minimum absolute atomic E-state index is 0.189. The molecule has 3 rings (SSSR count). The van der Waals surface area contributed by atoms with E-state index in [2.05, 4.69) is 15.0 Å². The zero-order valence-corrected chi connectivity index (χ0v) is 20.1. The molecule has 11 heteroatoms. The summed E-state index contributed by atoms with van der Waals surface area (Å²) < 4.78 is 34.3. The third kappa shape index (κ3) is 7.06. The average Bonchev–Trinajstić information content (AvgIpc) is 3.11. The van der Waals surface area contributed by atoms with Gasteiger partial charge in [-0.1, -0.05) is 17.7 Å². The summed E-state index contributed by atoms with van der Waals surface area (Å²) in [7, 11) is -3.68. The van der Waals surface area contributed by atoms with E-state index >= 15 is 0 Å². The van der Waals surface area contributed by atoms with Crippen LogP contribution in [0, 0.1) is 0 Å². The van der Waals surface area contributed by atoms with Crippen molar-refractivity contribution in [3.05, 3.63) is 39.8 Å². The number of hydrogen-bond acceptors (Lipinski definition) is 7. The number of rotatable bonds is 6. The Labute approximate surface area is 192 Å². The number of benzene rings is 1. The minimum Gasteiger partial charge on any atom is -0.444 e. The zero-order valence-electron chi connectivity index (χ0n) is 17.7. The molecular weight excluding hydrogens is 460 g/mol. The number of halogens is 1. The highest BCUT2D eigenvalue weighted by Crippen LogP contribution is 2.22. The molecule has 1 fully saturated rings. The number of nitrogens with one attached hydrogen (secondary N) is 2. The van der Waals surface area contributed by atoms with Gasteiger partial charge in [0.2, 0.25) is 10.0 Å². The van der Waals surface area contributed by atoms with Gasteiger partial charge in [0, 0.05) is 35.9 Å². The van der Waals surface area contributed by atoms with Gasteiger partial charge in [0.1, 0.15) is 5.60 Å². The number of carbonyl (C=O) groups is 1. The van der Waals surface area contributed by atoms with E-state index in [0.717, 1.165) is 4.88 Å². The fourth-order valence-electron chi connectivity index (χ4n) is 3.12. The molecule has 170 valence electrons. The van der Waals surface area contributed by atoms with Gasteiger partial charge in [0.15, 0.2) is 4.47 Å². The number of piperidine rings is 1. The number of aromatic nitrogens is 1. The third-order valence-corrected chi connectivity index (χ3v) is 7.24.